The molecule has 22 heavy (non-hydrogen) atoms. The van der Waals surface area contributed by atoms with E-state index in [1.807, 2.05) is 0 Å². The molecule has 0 aromatic heterocycles. The van der Waals surface area contributed by atoms with Crippen LogP contribution in [0.15, 0.2) is 18.2 Å². The third-order valence-electron chi connectivity index (χ3n) is 4.10. The molecular weight excluding hydrogens is 281 g/mol. The van der Waals surface area contributed by atoms with Gasteiger partial charge in [-0.2, -0.15) is 0 Å². The lowest BCUT2D eigenvalue weighted by molar-refractivity contribution is -0.115. The van der Waals surface area contributed by atoms with Crippen LogP contribution in [0.3, 0.4) is 0 Å². The van der Waals surface area contributed by atoms with E-state index in [4.69, 9.17) is 0 Å². The van der Waals surface area contributed by atoms with Crippen LogP contribution in [-0.2, 0) is 4.79 Å². The molecule has 1 aliphatic heterocycles. The second-order valence-electron chi connectivity index (χ2n) is 5.89. The fraction of sp³-hybridized carbons (Fsp3) is 0.588. The van der Waals surface area contributed by atoms with Gasteiger partial charge in [-0.25, -0.2) is 4.39 Å². The molecule has 5 heteroatoms. The van der Waals surface area contributed by atoms with Crippen LogP contribution in [0.5, 0.6) is 0 Å². The summed E-state index contributed by atoms with van der Waals surface area (Å²) >= 11 is 0. The van der Waals surface area contributed by atoms with Crippen molar-refractivity contribution in [2.45, 2.75) is 32.6 Å². The number of nitrogens with one attached hydrogen (secondary N) is 2. The van der Waals surface area contributed by atoms with Gasteiger partial charge in [0.1, 0.15) is 5.82 Å². The number of unbranched alkanes of at least 4 members (excludes halogenated alkanes) is 1. The Morgan fingerprint density at radius 1 is 1.27 bits per heavy atom. The van der Waals surface area contributed by atoms with Crippen molar-refractivity contribution < 1.29 is 9.18 Å². The minimum atomic E-state index is -0.298. The van der Waals surface area contributed by atoms with Gasteiger partial charge in [-0.1, -0.05) is 6.07 Å². The number of amides is 1. The first-order valence-corrected chi connectivity index (χ1v) is 8.15. The average molecular weight is 307 g/mol. The average Bonchev–Trinajstić information content (AvgIpc) is 3.01. The van der Waals surface area contributed by atoms with Crippen molar-refractivity contribution in [1.29, 1.82) is 0 Å². The number of benzene rings is 1. The van der Waals surface area contributed by atoms with E-state index >= 15 is 0 Å². The lowest BCUT2D eigenvalue weighted by Gasteiger charge is -2.14. The smallest absolute Gasteiger partial charge is 0.238 e. The van der Waals surface area contributed by atoms with Crippen LogP contribution >= 0.6 is 0 Å². The predicted molar refractivity (Wildman–Crippen MR) is 87.5 cm³/mol. The van der Waals surface area contributed by atoms with Gasteiger partial charge in [0.05, 0.1) is 6.54 Å². The number of halogens is 1. The highest BCUT2D eigenvalue weighted by Crippen LogP contribution is 2.16. The van der Waals surface area contributed by atoms with Crippen molar-refractivity contribution in [2.24, 2.45) is 0 Å². The maximum absolute atomic E-state index is 13.4. The number of likely N-dealkylation sites (tertiary alicyclic amines) is 1. The SMILES string of the molecule is Cc1c(F)cccc1NC(=O)CNCCCCN1CCCC1. The summed E-state index contributed by atoms with van der Waals surface area (Å²) in [6, 6.07) is 4.71. The summed E-state index contributed by atoms with van der Waals surface area (Å²) in [7, 11) is 0. The molecule has 2 rings (SSSR count). The number of carbonyl (C=O) groups excluding carboxylic acids is 1. The Labute approximate surface area is 132 Å². The highest BCUT2D eigenvalue weighted by molar-refractivity contribution is 5.92. The van der Waals surface area contributed by atoms with Gasteiger partial charge in [0.2, 0.25) is 5.91 Å². The minimum absolute atomic E-state index is 0.131. The van der Waals surface area contributed by atoms with Crippen molar-refractivity contribution in [2.75, 3.05) is 38.0 Å². The zero-order valence-corrected chi connectivity index (χ0v) is 13.3. The Morgan fingerprint density at radius 3 is 2.82 bits per heavy atom. The Kier molecular flexibility index (Phi) is 6.80. The Hall–Kier alpha value is -1.46. The molecule has 1 saturated heterocycles. The van der Waals surface area contributed by atoms with Gasteiger partial charge in [-0.15, -0.1) is 0 Å². The molecule has 0 spiro atoms. The minimum Gasteiger partial charge on any atom is -0.325 e. The van der Waals surface area contributed by atoms with Crippen LogP contribution in [-0.4, -0.2) is 43.5 Å². The normalized spacial score (nSPS) is 15.2. The standard InChI is InChI=1S/C17H26FN3O/c1-14-15(18)7-6-8-16(14)20-17(22)13-19-9-2-3-10-21-11-4-5-12-21/h6-8,19H,2-5,9-13H2,1H3,(H,20,22). The highest BCUT2D eigenvalue weighted by atomic mass is 19.1. The molecule has 1 aromatic rings. The third kappa shape index (κ3) is 5.39. The molecule has 1 aromatic carbocycles. The predicted octanol–water partition coefficient (Wildman–Crippen LogP) is 2.54. The number of nitrogens with zero attached hydrogens (tertiary/aromatic N) is 1. The molecule has 1 heterocycles. The largest absolute Gasteiger partial charge is 0.325 e. The fourth-order valence-electron chi connectivity index (χ4n) is 2.73. The fourth-order valence-corrected chi connectivity index (χ4v) is 2.73. The summed E-state index contributed by atoms with van der Waals surface area (Å²) in [5.74, 6) is -0.430. The number of hydrogen-bond acceptors (Lipinski definition) is 3. The summed E-state index contributed by atoms with van der Waals surface area (Å²) in [6.45, 7) is 6.40. The molecule has 4 nitrogen and oxygen atoms in total. The first-order valence-electron chi connectivity index (χ1n) is 8.15. The lowest BCUT2D eigenvalue weighted by atomic mass is 10.2. The molecule has 122 valence electrons. The van der Waals surface area contributed by atoms with Crippen molar-refractivity contribution in [1.82, 2.24) is 10.2 Å². The van der Waals surface area contributed by atoms with Crippen LogP contribution < -0.4 is 10.6 Å². The summed E-state index contributed by atoms with van der Waals surface area (Å²) in [5.41, 5.74) is 1.02. The van der Waals surface area contributed by atoms with Crippen LogP contribution in [0.2, 0.25) is 0 Å². The van der Waals surface area contributed by atoms with E-state index in [0.29, 0.717) is 11.3 Å². The highest BCUT2D eigenvalue weighted by Gasteiger charge is 2.10. The van der Waals surface area contributed by atoms with Crippen LogP contribution in [0, 0.1) is 12.7 Å². The molecule has 0 atom stereocenters. The first kappa shape index (κ1) is 16.9. The Morgan fingerprint density at radius 2 is 2.05 bits per heavy atom. The zero-order valence-electron chi connectivity index (χ0n) is 13.3. The van der Waals surface area contributed by atoms with E-state index < -0.39 is 0 Å². The molecule has 0 radical (unpaired) electrons. The van der Waals surface area contributed by atoms with Gasteiger partial charge in [0.25, 0.3) is 0 Å². The van der Waals surface area contributed by atoms with Gasteiger partial charge in [-0.05, 0) is 70.9 Å². The quantitative estimate of drug-likeness (QED) is 0.726. The van der Waals surface area contributed by atoms with Crippen molar-refractivity contribution in [3.8, 4) is 0 Å². The van der Waals surface area contributed by atoms with E-state index in [9.17, 15) is 9.18 Å². The van der Waals surface area contributed by atoms with Crippen LogP contribution in [0.4, 0.5) is 10.1 Å². The maximum atomic E-state index is 13.4. The molecular formula is C17H26FN3O. The lowest BCUT2D eigenvalue weighted by Crippen LogP contribution is -2.29. The number of rotatable bonds is 8. The molecule has 1 fully saturated rings. The number of hydrogen-bond donors (Lipinski definition) is 2. The van der Waals surface area contributed by atoms with E-state index in [1.165, 1.54) is 32.0 Å². The second kappa shape index (κ2) is 8.86. The Bertz CT molecular complexity index is 487. The van der Waals surface area contributed by atoms with Gasteiger partial charge in [0, 0.05) is 11.3 Å². The van der Waals surface area contributed by atoms with Gasteiger partial charge in [0.15, 0.2) is 0 Å². The van der Waals surface area contributed by atoms with Crippen molar-refractivity contribution in [3.05, 3.63) is 29.6 Å². The Balaban J connectivity index is 1.56. The zero-order chi connectivity index (χ0) is 15.8. The van der Waals surface area contributed by atoms with E-state index in [0.717, 1.165) is 25.9 Å². The van der Waals surface area contributed by atoms with Crippen LogP contribution in [0.1, 0.15) is 31.2 Å². The molecule has 1 amide bonds. The molecule has 0 unspecified atom stereocenters. The number of carbonyl (C=O) groups is 1. The van der Waals surface area contributed by atoms with Gasteiger partial charge < -0.3 is 15.5 Å². The number of anilines is 1. The monoisotopic (exact) mass is 307 g/mol. The van der Waals surface area contributed by atoms with E-state index in [1.54, 1.807) is 19.1 Å². The summed E-state index contributed by atoms with van der Waals surface area (Å²) < 4.78 is 13.4. The molecule has 1 aliphatic rings. The summed E-state index contributed by atoms with van der Waals surface area (Å²) in [6.07, 6.45) is 4.90. The molecule has 2 N–H and O–H groups in total. The van der Waals surface area contributed by atoms with Gasteiger partial charge in [-0.3, -0.25) is 4.79 Å². The first-order chi connectivity index (χ1) is 10.7. The van der Waals surface area contributed by atoms with Crippen molar-refractivity contribution >= 4 is 11.6 Å². The van der Waals surface area contributed by atoms with Crippen LogP contribution in [0.25, 0.3) is 0 Å². The maximum Gasteiger partial charge on any atom is 0.238 e. The van der Waals surface area contributed by atoms with E-state index in [-0.39, 0.29) is 18.3 Å². The second-order valence-corrected chi connectivity index (χ2v) is 5.89. The molecule has 0 saturated carbocycles. The topological polar surface area (TPSA) is 44.4 Å². The van der Waals surface area contributed by atoms with E-state index in [2.05, 4.69) is 15.5 Å². The summed E-state index contributed by atoms with van der Waals surface area (Å²) in [4.78, 5) is 14.3. The van der Waals surface area contributed by atoms with Gasteiger partial charge >= 0.3 is 0 Å². The molecule has 0 aliphatic carbocycles. The van der Waals surface area contributed by atoms with Crippen molar-refractivity contribution in [3.63, 3.8) is 0 Å². The third-order valence-corrected chi connectivity index (χ3v) is 4.10. The molecule has 0 bridgehead atoms. The summed E-state index contributed by atoms with van der Waals surface area (Å²) in [5, 5.41) is 5.88.